The molecule has 23 heavy (non-hydrogen) atoms. The Morgan fingerprint density at radius 3 is 1.78 bits per heavy atom. The number of hydrogen-bond acceptors (Lipinski definition) is 2. The molecule has 0 saturated heterocycles. The van der Waals surface area contributed by atoms with Crippen LogP contribution in [0.2, 0.25) is 5.02 Å². The second-order valence-electron chi connectivity index (χ2n) is 4.95. The van der Waals surface area contributed by atoms with Crippen molar-refractivity contribution in [2.24, 2.45) is 10.2 Å². The molecular formula is C20H15ClN2. The van der Waals surface area contributed by atoms with Gasteiger partial charge in [0.2, 0.25) is 0 Å². The second kappa shape index (κ2) is 7.52. The summed E-state index contributed by atoms with van der Waals surface area (Å²) < 4.78 is 0. The lowest BCUT2D eigenvalue weighted by molar-refractivity contribution is 1.24. The zero-order valence-corrected chi connectivity index (χ0v) is 13.2. The molecule has 0 atom stereocenters. The van der Waals surface area contributed by atoms with Gasteiger partial charge in [0, 0.05) is 21.7 Å². The summed E-state index contributed by atoms with van der Waals surface area (Å²) in [6.45, 7) is 0. The average Bonchev–Trinajstić information content (AvgIpc) is 2.62. The molecule has 0 N–H and O–H groups in total. The van der Waals surface area contributed by atoms with Gasteiger partial charge in [-0.2, -0.15) is 5.10 Å². The zero-order chi connectivity index (χ0) is 15.9. The van der Waals surface area contributed by atoms with E-state index in [2.05, 4.69) is 10.2 Å². The Morgan fingerprint density at radius 2 is 1.22 bits per heavy atom. The maximum absolute atomic E-state index is 6.13. The molecule has 2 nitrogen and oxygen atoms in total. The third-order valence-corrected chi connectivity index (χ3v) is 3.70. The van der Waals surface area contributed by atoms with Crippen LogP contribution in [0.1, 0.15) is 16.7 Å². The predicted octanol–water partition coefficient (Wildman–Crippen LogP) is 5.21. The van der Waals surface area contributed by atoms with Crippen molar-refractivity contribution in [1.29, 1.82) is 0 Å². The van der Waals surface area contributed by atoms with Gasteiger partial charge in [-0.05, 0) is 6.07 Å². The fraction of sp³-hybridized carbons (Fsp3) is 0. The highest BCUT2D eigenvalue weighted by Crippen LogP contribution is 2.14. The van der Waals surface area contributed by atoms with Gasteiger partial charge in [0.15, 0.2) is 0 Å². The SMILES string of the molecule is Clc1ccccc1/C=N/N=C(c1ccccc1)c1ccccc1. The highest BCUT2D eigenvalue weighted by molar-refractivity contribution is 6.33. The number of nitrogens with zero attached hydrogens (tertiary/aromatic N) is 2. The van der Waals surface area contributed by atoms with Gasteiger partial charge in [-0.1, -0.05) is 90.5 Å². The predicted molar refractivity (Wildman–Crippen MR) is 97.6 cm³/mol. The van der Waals surface area contributed by atoms with Gasteiger partial charge >= 0.3 is 0 Å². The summed E-state index contributed by atoms with van der Waals surface area (Å²) >= 11 is 6.13. The maximum atomic E-state index is 6.13. The normalized spacial score (nSPS) is 10.7. The Hall–Kier alpha value is -2.71. The van der Waals surface area contributed by atoms with Crippen LogP contribution in [0.3, 0.4) is 0 Å². The lowest BCUT2D eigenvalue weighted by Crippen LogP contribution is -2.02. The molecule has 0 aliphatic rings. The first kappa shape index (κ1) is 15.2. The van der Waals surface area contributed by atoms with E-state index in [0.717, 1.165) is 22.4 Å². The van der Waals surface area contributed by atoms with Crippen LogP contribution in [0.5, 0.6) is 0 Å². The smallest absolute Gasteiger partial charge is 0.100 e. The summed E-state index contributed by atoms with van der Waals surface area (Å²) in [7, 11) is 0. The second-order valence-corrected chi connectivity index (χ2v) is 5.35. The monoisotopic (exact) mass is 318 g/mol. The Labute approximate surface area is 140 Å². The van der Waals surface area contributed by atoms with E-state index in [4.69, 9.17) is 11.6 Å². The van der Waals surface area contributed by atoms with Crippen LogP contribution < -0.4 is 0 Å². The van der Waals surface area contributed by atoms with Gasteiger partial charge in [0.25, 0.3) is 0 Å². The highest BCUT2D eigenvalue weighted by Gasteiger charge is 2.05. The summed E-state index contributed by atoms with van der Waals surface area (Å²) in [5, 5.41) is 9.32. The Morgan fingerprint density at radius 1 is 0.696 bits per heavy atom. The molecule has 3 heteroatoms. The van der Waals surface area contributed by atoms with Crippen molar-refractivity contribution in [3.63, 3.8) is 0 Å². The van der Waals surface area contributed by atoms with Gasteiger partial charge in [-0.15, -0.1) is 5.10 Å². The third kappa shape index (κ3) is 3.93. The number of benzene rings is 3. The zero-order valence-electron chi connectivity index (χ0n) is 12.4. The molecule has 0 bridgehead atoms. The van der Waals surface area contributed by atoms with Crippen molar-refractivity contribution >= 4 is 23.5 Å². The van der Waals surface area contributed by atoms with Crippen molar-refractivity contribution in [1.82, 2.24) is 0 Å². The van der Waals surface area contributed by atoms with Crippen LogP contribution in [0.15, 0.2) is 95.1 Å². The van der Waals surface area contributed by atoms with Gasteiger partial charge < -0.3 is 0 Å². The first-order valence-electron chi connectivity index (χ1n) is 7.31. The van der Waals surface area contributed by atoms with Crippen molar-refractivity contribution in [2.45, 2.75) is 0 Å². The summed E-state index contributed by atoms with van der Waals surface area (Å²) in [5.74, 6) is 0. The van der Waals surface area contributed by atoms with Crippen molar-refractivity contribution in [3.05, 3.63) is 107 Å². The maximum Gasteiger partial charge on any atom is 0.100 e. The fourth-order valence-electron chi connectivity index (χ4n) is 2.20. The van der Waals surface area contributed by atoms with E-state index in [1.807, 2.05) is 84.9 Å². The van der Waals surface area contributed by atoms with E-state index in [0.29, 0.717) is 5.02 Å². The Kier molecular flexibility index (Phi) is 4.97. The molecule has 0 unspecified atom stereocenters. The van der Waals surface area contributed by atoms with Gasteiger partial charge in [-0.3, -0.25) is 0 Å². The molecule has 3 aromatic rings. The van der Waals surface area contributed by atoms with E-state index in [1.54, 1.807) is 6.21 Å². The topological polar surface area (TPSA) is 24.7 Å². The highest BCUT2D eigenvalue weighted by atomic mass is 35.5. The molecule has 0 heterocycles. The molecule has 0 aliphatic carbocycles. The molecule has 0 fully saturated rings. The standard InChI is InChI=1S/C20H15ClN2/c21-19-14-8-7-13-18(19)15-22-23-20(16-9-3-1-4-10-16)17-11-5-2-6-12-17/h1-15H/b22-15+. The first-order valence-corrected chi connectivity index (χ1v) is 7.69. The minimum atomic E-state index is 0.660. The molecule has 3 aromatic carbocycles. The van der Waals surface area contributed by atoms with Crippen molar-refractivity contribution in [3.8, 4) is 0 Å². The number of halogens is 1. The molecule has 3 rings (SSSR count). The molecule has 0 spiro atoms. The van der Waals surface area contributed by atoms with Crippen molar-refractivity contribution in [2.75, 3.05) is 0 Å². The fourth-order valence-corrected chi connectivity index (χ4v) is 2.39. The van der Waals surface area contributed by atoms with E-state index >= 15 is 0 Å². The number of hydrogen-bond donors (Lipinski definition) is 0. The van der Waals surface area contributed by atoms with Crippen LogP contribution in [0.4, 0.5) is 0 Å². The van der Waals surface area contributed by atoms with Gasteiger partial charge in [0.1, 0.15) is 5.71 Å². The van der Waals surface area contributed by atoms with Crippen LogP contribution in [0, 0.1) is 0 Å². The van der Waals surface area contributed by atoms with Crippen LogP contribution in [-0.4, -0.2) is 11.9 Å². The van der Waals surface area contributed by atoms with E-state index in [9.17, 15) is 0 Å². The van der Waals surface area contributed by atoms with Gasteiger partial charge in [-0.25, -0.2) is 0 Å². The van der Waals surface area contributed by atoms with Crippen LogP contribution in [0.25, 0.3) is 0 Å². The minimum Gasteiger partial charge on any atom is -0.158 e. The number of rotatable bonds is 4. The minimum absolute atomic E-state index is 0.660. The molecule has 0 saturated carbocycles. The molecule has 0 radical (unpaired) electrons. The molecule has 112 valence electrons. The molecule has 0 aliphatic heterocycles. The summed E-state index contributed by atoms with van der Waals surface area (Å²) in [6, 6.07) is 27.6. The van der Waals surface area contributed by atoms with E-state index in [-0.39, 0.29) is 0 Å². The Bertz CT molecular complexity index is 783. The molecule has 0 aromatic heterocycles. The lowest BCUT2D eigenvalue weighted by atomic mass is 10.0. The molecular weight excluding hydrogens is 304 g/mol. The largest absolute Gasteiger partial charge is 0.158 e. The first-order chi connectivity index (χ1) is 11.3. The average molecular weight is 319 g/mol. The summed E-state index contributed by atoms with van der Waals surface area (Å²) in [6.07, 6.45) is 1.67. The van der Waals surface area contributed by atoms with E-state index in [1.165, 1.54) is 0 Å². The summed E-state index contributed by atoms with van der Waals surface area (Å²) in [4.78, 5) is 0. The van der Waals surface area contributed by atoms with Gasteiger partial charge in [0.05, 0.1) is 6.21 Å². The lowest BCUT2D eigenvalue weighted by Gasteiger charge is -2.05. The molecule has 0 amide bonds. The van der Waals surface area contributed by atoms with E-state index < -0.39 is 0 Å². The Balaban J connectivity index is 1.97. The summed E-state index contributed by atoms with van der Waals surface area (Å²) in [5.41, 5.74) is 3.72. The third-order valence-electron chi connectivity index (χ3n) is 3.35. The van der Waals surface area contributed by atoms with Crippen LogP contribution in [-0.2, 0) is 0 Å². The quantitative estimate of drug-likeness (QED) is 0.466. The van der Waals surface area contributed by atoms with Crippen molar-refractivity contribution < 1.29 is 0 Å². The van der Waals surface area contributed by atoms with Crippen LogP contribution >= 0.6 is 11.6 Å².